The van der Waals surface area contributed by atoms with E-state index in [9.17, 15) is 0 Å². The minimum absolute atomic E-state index is 0.0393. The third-order valence-corrected chi connectivity index (χ3v) is 7.30. The molecule has 0 amide bonds. The van der Waals surface area contributed by atoms with E-state index in [0.717, 1.165) is 13.9 Å². The van der Waals surface area contributed by atoms with Crippen LogP contribution in [0.2, 0.25) is 0 Å². The summed E-state index contributed by atoms with van der Waals surface area (Å²) in [5.74, 6) is 0. The molecule has 0 aromatic heterocycles. The molecule has 0 bridgehead atoms. The Bertz CT molecular complexity index is 968. The van der Waals surface area contributed by atoms with Crippen LogP contribution in [0.15, 0.2) is 58.6 Å². The number of aliphatic imine (C=N–C) groups is 1. The predicted molar refractivity (Wildman–Crippen MR) is 126 cm³/mol. The molecule has 0 heterocycles. The molecular weight excluding hydrogens is 357 g/mol. The molecule has 0 saturated heterocycles. The zero-order valence-electron chi connectivity index (χ0n) is 18.9. The molecule has 0 saturated carbocycles. The first-order valence-corrected chi connectivity index (χ1v) is 11.1. The first-order valence-electron chi connectivity index (χ1n) is 10.2. The molecule has 28 heavy (non-hydrogen) atoms. The van der Waals surface area contributed by atoms with Crippen molar-refractivity contribution in [2.45, 2.75) is 67.5 Å². The van der Waals surface area contributed by atoms with Crippen molar-refractivity contribution in [1.29, 1.82) is 0 Å². The van der Waals surface area contributed by atoms with Crippen LogP contribution in [0.25, 0.3) is 10.8 Å². The van der Waals surface area contributed by atoms with E-state index in [0.29, 0.717) is 0 Å². The fourth-order valence-corrected chi connectivity index (χ4v) is 6.30. The van der Waals surface area contributed by atoms with E-state index in [1.807, 2.05) is 0 Å². The third-order valence-electron chi connectivity index (χ3n) is 5.65. The first kappa shape index (κ1) is 21.0. The van der Waals surface area contributed by atoms with Crippen LogP contribution >= 0.6 is 8.20 Å². The summed E-state index contributed by atoms with van der Waals surface area (Å²) in [6.07, 6.45) is 0. The largest absolute Gasteiger partial charge is 0.201 e. The maximum atomic E-state index is 4.82. The van der Waals surface area contributed by atoms with Gasteiger partial charge in [0.2, 0.25) is 0 Å². The quantitative estimate of drug-likeness (QED) is 0.276. The smallest absolute Gasteiger partial charge is 0.0811 e. The summed E-state index contributed by atoms with van der Waals surface area (Å²) in [6, 6.07) is 14.7. The van der Waals surface area contributed by atoms with Crippen LogP contribution < -0.4 is 0 Å². The lowest BCUT2D eigenvalue weighted by Gasteiger charge is -2.35. The van der Waals surface area contributed by atoms with Crippen LogP contribution in [-0.4, -0.2) is 10.7 Å². The second-order valence-electron chi connectivity index (χ2n) is 11.0. The van der Waals surface area contributed by atoms with Gasteiger partial charge in [-0.05, 0) is 47.0 Å². The van der Waals surface area contributed by atoms with Gasteiger partial charge in [0, 0.05) is 11.0 Å². The molecule has 0 unspecified atom stereocenters. The summed E-state index contributed by atoms with van der Waals surface area (Å²) in [6.45, 7) is 21.2. The van der Waals surface area contributed by atoms with Crippen LogP contribution in [0.1, 0.15) is 62.3 Å². The lowest BCUT2D eigenvalue weighted by atomic mass is 9.77. The van der Waals surface area contributed by atoms with Gasteiger partial charge in [-0.25, -0.2) is 4.99 Å². The van der Waals surface area contributed by atoms with Crippen molar-refractivity contribution < 1.29 is 0 Å². The maximum Gasteiger partial charge on any atom is 0.0811 e. The standard InChI is InChI=1S/C26H34NP/c1-23(2,3)21-22(24(4,5)6)26(21,25(7,8)9)28-17-27-20-16-12-14-18-13-10-11-15-19(18)20/h10-16H,1-9H3. The SMILES string of the molecule is CC(C)(C)C1=C(C(C)(C)C)C1(P=C=Nc1cccc2ccccc12)C(C)(C)C. The molecule has 3 rings (SSSR count). The van der Waals surface area contributed by atoms with Crippen molar-refractivity contribution in [1.82, 2.24) is 0 Å². The van der Waals surface area contributed by atoms with Crippen molar-refractivity contribution in [3.8, 4) is 0 Å². The Morgan fingerprint density at radius 2 is 1.29 bits per heavy atom. The highest BCUT2D eigenvalue weighted by molar-refractivity contribution is 7.41. The van der Waals surface area contributed by atoms with Gasteiger partial charge in [-0.1, -0.05) is 98.7 Å². The molecule has 2 heteroatoms. The van der Waals surface area contributed by atoms with E-state index in [1.54, 1.807) is 11.1 Å². The minimum Gasteiger partial charge on any atom is -0.201 e. The zero-order valence-corrected chi connectivity index (χ0v) is 19.8. The highest BCUT2D eigenvalue weighted by Crippen LogP contribution is 2.72. The van der Waals surface area contributed by atoms with Gasteiger partial charge in [0.1, 0.15) is 0 Å². The minimum atomic E-state index is 0.0393. The Morgan fingerprint density at radius 3 is 1.82 bits per heavy atom. The molecule has 2 aromatic rings. The summed E-state index contributed by atoms with van der Waals surface area (Å²) in [5.41, 5.74) is 8.11. The van der Waals surface area contributed by atoms with Gasteiger partial charge in [0.05, 0.1) is 10.8 Å². The fourth-order valence-electron chi connectivity index (χ4n) is 4.60. The Hall–Kier alpha value is -1.68. The number of fused-ring (bicyclic) bond motifs is 1. The van der Waals surface area contributed by atoms with Crippen LogP contribution in [0.5, 0.6) is 0 Å². The van der Waals surface area contributed by atoms with Crippen LogP contribution in [-0.2, 0) is 0 Å². The second kappa shape index (κ2) is 6.69. The lowest BCUT2D eigenvalue weighted by molar-refractivity contribution is 0.343. The van der Waals surface area contributed by atoms with Gasteiger partial charge >= 0.3 is 0 Å². The van der Waals surface area contributed by atoms with Crippen LogP contribution in [0.4, 0.5) is 5.69 Å². The number of nitrogens with zero attached hydrogens (tertiary/aromatic N) is 1. The molecule has 0 N–H and O–H groups in total. The monoisotopic (exact) mass is 391 g/mol. The van der Waals surface area contributed by atoms with E-state index in [1.165, 1.54) is 10.8 Å². The van der Waals surface area contributed by atoms with E-state index < -0.39 is 0 Å². The van der Waals surface area contributed by atoms with Crippen LogP contribution in [0.3, 0.4) is 0 Å². The summed E-state index contributed by atoms with van der Waals surface area (Å²) in [4.78, 5) is 4.82. The molecule has 0 fully saturated rings. The lowest BCUT2D eigenvalue weighted by Crippen LogP contribution is -2.32. The first-order chi connectivity index (χ1) is 12.8. The molecular formula is C26H34NP. The predicted octanol–water partition coefficient (Wildman–Crippen LogP) is 8.51. The molecule has 0 spiro atoms. The van der Waals surface area contributed by atoms with E-state index in [-0.39, 0.29) is 21.4 Å². The highest BCUT2D eigenvalue weighted by Gasteiger charge is 2.65. The second-order valence-corrected chi connectivity index (χ2v) is 12.1. The third kappa shape index (κ3) is 3.52. The van der Waals surface area contributed by atoms with Crippen molar-refractivity contribution in [2.24, 2.45) is 21.2 Å². The molecule has 2 aromatic carbocycles. The molecule has 1 aliphatic carbocycles. The number of rotatable bonds is 2. The summed E-state index contributed by atoms with van der Waals surface area (Å²) >= 11 is 0. The highest BCUT2D eigenvalue weighted by atomic mass is 31.1. The summed E-state index contributed by atoms with van der Waals surface area (Å²) < 4.78 is 0. The average molecular weight is 392 g/mol. The maximum absolute atomic E-state index is 4.82. The Morgan fingerprint density at radius 1 is 0.750 bits per heavy atom. The molecule has 0 radical (unpaired) electrons. The van der Waals surface area contributed by atoms with E-state index >= 15 is 0 Å². The van der Waals surface area contributed by atoms with E-state index in [2.05, 4.69) is 110 Å². The molecule has 148 valence electrons. The molecule has 1 nitrogen and oxygen atoms in total. The number of allylic oxidation sites excluding steroid dienone is 2. The van der Waals surface area contributed by atoms with Crippen molar-refractivity contribution >= 4 is 30.3 Å². The fraction of sp³-hybridized carbons (Fsp3) is 0.500. The van der Waals surface area contributed by atoms with Gasteiger partial charge in [-0.15, -0.1) is 0 Å². The Balaban J connectivity index is 2.12. The molecule has 1 aliphatic rings. The van der Waals surface area contributed by atoms with Gasteiger partial charge in [0.15, 0.2) is 0 Å². The number of benzene rings is 2. The topological polar surface area (TPSA) is 12.4 Å². The number of hydrogen-bond acceptors (Lipinski definition) is 1. The van der Waals surface area contributed by atoms with Gasteiger partial charge in [-0.3, -0.25) is 0 Å². The Labute approximate surface area is 172 Å². The average Bonchev–Trinajstić information content (AvgIpc) is 3.27. The van der Waals surface area contributed by atoms with Crippen LogP contribution in [0, 0.1) is 16.2 Å². The van der Waals surface area contributed by atoms with Gasteiger partial charge in [0.25, 0.3) is 0 Å². The van der Waals surface area contributed by atoms with Crippen molar-refractivity contribution in [3.63, 3.8) is 0 Å². The normalized spacial score (nSPS) is 17.0. The van der Waals surface area contributed by atoms with E-state index in [4.69, 9.17) is 4.99 Å². The van der Waals surface area contributed by atoms with Gasteiger partial charge in [-0.2, -0.15) is 0 Å². The van der Waals surface area contributed by atoms with Crippen molar-refractivity contribution in [3.05, 3.63) is 53.6 Å². The number of hydrogen-bond donors (Lipinski definition) is 0. The summed E-state index contributed by atoms with van der Waals surface area (Å²) in [7, 11) is 1.16. The molecule has 0 atom stereocenters. The Kier molecular flexibility index (Phi) is 5.03. The summed E-state index contributed by atoms with van der Waals surface area (Å²) in [5, 5.41) is 2.45. The molecule has 0 aliphatic heterocycles. The zero-order chi connectivity index (χ0) is 21.0. The van der Waals surface area contributed by atoms with Crippen molar-refractivity contribution in [2.75, 3.05) is 0 Å². The van der Waals surface area contributed by atoms with Gasteiger partial charge < -0.3 is 0 Å².